The molecule has 0 spiro atoms. The Morgan fingerprint density at radius 3 is 3.00 bits per heavy atom. The number of hydrogen-bond acceptors (Lipinski definition) is 5. The third kappa shape index (κ3) is 6.52. The molecule has 4 rings (SSSR count). The van der Waals surface area contributed by atoms with Crippen molar-refractivity contribution in [3.8, 4) is 17.6 Å². The van der Waals surface area contributed by atoms with Gasteiger partial charge in [-0.3, -0.25) is 14.7 Å². The number of hydrogen-bond donors (Lipinski definition) is 1. The number of carbonyl (C=O) groups is 1. The molecule has 0 bridgehead atoms. The first-order valence-electron chi connectivity index (χ1n) is 11.7. The van der Waals surface area contributed by atoms with E-state index in [4.69, 9.17) is 16.3 Å². The van der Waals surface area contributed by atoms with E-state index in [1.165, 1.54) is 6.20 Å². The highest BCUT2D eigenvalue weighted by atomic mass is 35.5. The number of aliphatic carboxylic acids is 1. The number of nitrogens with zero attached hydrogens (tertiary/aromatic N) is 2. The smallest absolute Gasteiger partial charge is 0.303 e. The van der Waals surface area contributed by atoms with Gasteiger partial charge in [0.25, 0.3) is 0 Å². The van der Waals surface area contributed by atoms with E-state index >= 15 is 4.39 Å². The number of alkyl halides is 1. The minimum Gasteiger partial charge on any atom is -0.497 e. The number of ether oxygens (including phenoxy) is 1. The van der Waals surface area contributed by atoms with E-state index in [1.807, 2.05) is 16.8 Å². The molecular formula is C27H28ClFN2O3S. The van der Waals surface area contributed by atoms with Crippen LogP contribution in [0.25, 0.3) is 10.9 Å². The molecule has 0 amide bonds. The lowest BCUT2D eigenvalue weighted by atomic mass is 9.79. The number of fused-ring (bicyclic) bond motifs is 1. The summed E-state index contributed by atoms with van der Waals surface area (Å²) in [6.45, 7) is 2.08. The van der Waals surface area contributed by atoms with E-state index in [1.54, 1.807) is 36.6 Å². The second-order valence-corrected chi connectivity index (χ2v) is 10.1. The van der Waals surface area contributed by atoms with Gasteiger partial charge in [0.15, 0.2) is 0 Å². The van der Waals surface area contributed by atoms with Gasteiger partial charge in [0.2, 0.25) is 0 Å². The molecule has 1 aromatic carbocycles. The first-order chi connectivity index (χ1) is 16.9. The fourth-order valence-corrected chi connectivity index (χ4v) is 5.70. The maximum Gasteiger partial charge on any atom is 0.303 e. The van der Waals surface area contributed by atoms with E-state index in [2.05, 4.69) is 21.7 Å². The van der Waals surface area contributed by atoms with Gasteiger partial charge < -0.3 is 9.84 Å². The predicted octanol–water partition coefficient (Wildman–Crippen LogP) is 6.21. The summed E-state index contributed by atoms with van der Waals surface area (Å²) in [5.74, 6) is 6.23. The van der Waals surface area contributed by atoms with Crippen LogP contribution in [0.3, 0.4) is 0 Å². The molecule has 2 aromatic heterocycles. The number of methoxy groups -OCH3 is 1. The minimum absolute atomic E-state index is 0.0406. The van der Waals surface area contributed by atoms with Crippen LogP contribution in [0.1, 0.15) is 43.0 Å². The van der Waals surface area contributed by atoms with Crippen molar-refractivity contribution in [1.82, 2.24) is 9.88 Å². The number of rotatable bonds is 8. The van der Waals surface area contributed by atoms with Crippen molar-refractivity contribution in [2.75, 3.05) is 26.7 Å². The fourth-order valence-electron chi connectivity index (χ4n) is 4.84. The van der Waals surface area contributed by atoms with E-state index in [9.17, 15) is 9.90 Å². The topological polar surface area (TPSA) is 62.7 Å². The van der Waals surface area contributed by atoms with Gasteiger partial charge in [0.05, 0.1) is 24.2 Å². The van der Waals surface area contributed by atoms with E-state index in [0.29, 0.717) is 46.7 Å². The summed E-state index contributed by atoms with van der Waals surface area (Å²) in [6.07, 6.45) is 1.98. The Labute approximate surface area is 213 Å². The normalized spacial score (nSPS) is 19.2. The first-order valence-corrected chi connectivity index (χ1v) is 13.0. The van der Waals surface area contributed by atoms with Crippen LogP contribution in [0.5, 0.6) is 5.75 Å². The quantitative estimate of drug-likeness (QED) is 0.362. The lowest BCUT2D eigenvalue weighted by molar-refractivity contribution is -0.139. The first kappa shape index (κ1) is 25.4. The van der Waals surface area contributed by atoms with E-state index in [-0.39, 0.29) is 24.7 Å². The Morgan fingerprint density at radius 2 is 2.26 bits per heavy atom. The van der Waals surface area contributed by atoms with Crippen LogP contribution in [0.4, 0.5) is 4.39 Å². The van der Waals surface area contributed by atoms with Crippen LogP contribution in [-0.2, 0) is 4.79 Å². The van der Waals surface area contributed by atoms with Gasteiger partial charge in [0.1, 0.15) is 11.9 Å². The highest BCUT2D eigenvalue weighted by Gasteiger charge is 2.31. The van der Waals surface area contributed by atoms with Crippen molar-refractivity contribution in [3.63, 3.8) is 0 Å². The van der Waals surface area contributed by atoms with E-state index < -0.39 is 12.1 Å². The SMILES string of the molecule is COc1ccc2ncc(Cl)c(C(F)CCC3CCN(CC#Cc4ccsc4)CC3CC(=O)O)c2c1. The lowest BCUT2D eigenvalue weighted by Crippen LogP contribution is -2.41. The number of halogens is 2. The van der Waals surface area contributed by atoms with Crippen molar-refractivity contribution >= 4 is 39.8 Å². The van der Waals surface area contributed by atoms with Gasteiger partial charge in [-0.25, -0.2) is 4.39 Å². The van der Waals surface area contributed by atoms with Crippen molar-refractivity contribution in [2.45, 2.75) is 31.9 Å². The summed E-state index contributed by atoms with van der Waals surface area (Å²) < 4.78 is 20.9. The van der Waals surface area contributed by atoms with Crippen molar-refractivity contribution < 1.29 is 19.0 Å². The molecule has 1 N–H and O–H groups in total. The second kappa shape index (κ2) is 11.9. The molecule has 1 fully saturated rings. The number of benzene rings is 1. The molecule has 184 valence electrons. The van der Waals surface area contributed by atoms with Gasteiger partial charge >= 0.3 is 5.97 Å². The van der Waals surface area contributed by atoms with Crippen molar-refractivity contribution in [2.24, 2.45) is 11.8 Å². The molecule has 35 heavy (non-hydrogen) atoms. The predicted molar refractivity (Wildman–Crippen MR) is 138 cm³/mol. The average Bonchev–Trinajstić information content (AvgIpc) is 3.36. The molecule has 3 aromatic rings. The largest absolute Gasteiger partial charge is 0.497 e. The van der Waals surface area contributed by atoms with E-state index in [0.717, 1.165) is 18.5 Å². The summed E-state index contributed by atoms with van der Waals surface area (Å²) in [5, 5.41) is 14.4. The zero-order valence-corrected chi connectivity index (χ0v) is 21.1. The van der Waals surface area contributed by atoms with Gasteiger partial charge in [-0.1, -0.05) is 23.4 Å². The number of piperidine rings is 1. The molecule has 1 aliphatic rings. The summed E-state index contributed by atoms with van der Waals surface area (Å²) in [5.41, 5.74) is 2.08. The minimum atomic E-state index is -1.28. The van der Waals surface area contributed by atoms with Crippen molar-refractivity contribution in [1.29, 1.82) is 0 Å². The number of thiophene rings is 1. The van der Waals surface area contributed by atoms with Crippen LogP contribution in [-0.4, -0.2) is 47.7 Å². The Balaban J connectivity index is 1.42. The maximum absolute atomic E-state index is 15.6. The number of pyridine rings is 1. The summed E-state index contributed by atoms with van der Waals surface area (Å²) in [6, 6.07) is 7.33. The maximum atomic E-state index is 15.6. The molecule has 8 heteroatoms. The highest BCUT2D eigenvalue weighted by molar-refractivity contribution is 7.08. The molecule has 0 aliphatic carbocycles. The Morgan fingerprint density at radius 1 is 1.40 bits per heavy atom. The Kier molecular flexibility index (Phi) is 8.61. The van der Waals surface area contributed by atoms with Crippen LogP contribution >= 0.6 is 22.9 Å². The number of aromatic nitrogens is 1. The Hall–Kier alpha value is -2.66. The summed E-state index contributed by atoms with van der Waals surface area (Å²) in [4.78, 5) is 18.1. The average molecular weight is 515 g/mol. The standard InChI is InChI=1S/C27H28ClFN2O3S/c1-34-21-5-7-25-22(14-21)27(23(28)15-30-25)24(29)6-4-19-8-11-31(16-20(19)13-26(32)33)10-2-3-18-9-12-35-17-18/h5,7,9,12,14-15,17,19-20,24H,4,6,8,10-11,13,16H2,1H3,(H,32,33). The zero-order valence-electron chi connectivity index (χ0n) is 19.5. The molecule has 3 unspecified atom stereocenters. The fraction of sp³-hybridized carbons (Fsp3) is 0.407. The second-order valence-electron chi connectivity index (χ2n) is 8.90. The van der Waals surface area contributed by atoms with Gasteiger partial charge in [0, 0.05) is 41.1 Å². The molecular weight excluding hydrogens is 487 g/mol. The zero-order chi connectivity index (χ0) is 24.8. The van der Waals surface area contributed by atoms with Crippen LogP contribution in [0.15, 0.2) is 41.2 Å². The monoisotopic (exact) mass is 514 g/mol. The van der Waals surface area contributed by atoms with Crippen molar-refractivity contribution in [3.05, 3.63) is 57.4 Å². The van der Waals surface area contributed by atoms with Crippen LogP contribution in [0.2, 0.25) is 5.02 Å². The molecule has 1 saturated heterocycles. The molecule has 0 saturated carbocycles. The van der Waals surface area contributed by atoms with Gasteiger partial charge in [-0.2, -0.15) is 11.3 Å². The molecule has 3 heterocycles. The molecule has 3 atom stereocenters. The van der Waals surface area contributed by atoms with Gasteiger partial charge in [-0.05, 0) is 67.3 Å². The third-order valence-electron chi connectivity index (χ3n) is 6.64. The number of carboxylic acids is 1. The lowest BCUT2D eigenvalue weighted by Gasteiger charge is -2.37. The van der Waals surface area contributed by atoms with Gasteiger partial charge in [-0.15, -0.1) is 0 Å². The molecule has 0 radical (unpaired) electrons. The molecule has 5 nitrogen and oxygen atoms in total. The Bertz CT molecular complexity index is 1220. The summed E-state index contributed by atoms with van der Waals surface area (Å²) >= 11 is 7.99. The van der Waals surface area contributed by atoms with Crippen LogP contribution in [0, 0.1) is 23.7 Å². The third-order valence-corrected chi connectivity index (χ3v) is 7.63. The molecule has 1 aliphatic heterocycles. The summed E-state index contributed by atoms with van der Waals surface area (Å²) in [7, 11) is 1.56. The number of likely N-dealkylation sites (tertiary alicyclic amines) is 1. The highest BCUT2D eigenvalue weighted by Crippen LogP contribution is 2.39. The van der Waals surface area contributed by atoms with Crippen LogP contribution < -0.4 is 4.74 Å². The number of carboxylic acid groups (broad SMARTS) is 1.